The molecule has 0 radical (unpaired) electrons. The Morgan fingerprint density at radius 3 is 2.84 bits per heavy atom. The average molecular weight is 365 g/mol. The number of urea groups is 1. The molecule has 7 heteroatoms. The van der Waals surface area contributed by atoms with E-state index in [1.807, 2.05) is 6.92 Å². The third-order valence-electron chi connectivity index (χ3n) is 5.14. The van der Waals surface area contributed by atoms with Crippen molar-refractivity contribution in [1.29, 1.82) is 0 Å². The molecule has 134 valence electrons. The van der Waals surface area contributed by atoms with E-state index < -0.39 is 17.5 Å². The minimum Gasteiger partial charge on any atom is -0.459 e. The van der Waals surface area contributed by atoms with Crippen LogP contribution in [0.2, 0.25) is 5.02 Å². The molecule has 1 aliphatic heterocycles. The molecular formula is C18H21ClN2O4. The van der Waals surface area contributed by atoms with E-state index in [4.69, 9.17) is 16.3 Å². The lowest BCUT2D eigenvalue weighted by Crippen LogP contribution is -2.54. The lowest BCUT2D eigenvalue weighted by Gasteiger charge is -2.36. The maximum absolute atomic E-state index is 12.8. The molecule has 3 amide bonds. The Labute approximate surface area is 151 Å². The number of amides is 3. The van der Waals surface area contributed by atoms with Gasteiger partial charge < -0.3 is 10.1 Å². The molecule has 0 aromatic heterocycles. The van der Waals surface area contributed by atoms with Crippen molar-refractivity contribution >= 4 is 29.5 Å². The number of esters is 1. The van der Waals surface area contributed by atoms with Gasteiger partial charge in [-0.2, -0.15) is 0 Å². The van der Waals surface area contributed by atoms with Crippen LogP contribution in [-0.2, 0) is 20.9 Å². The Bertz CT molecular complexity index is 708. The number of hydrogen-bond acceptors (Lipinski definition) is 4. The minimum absolute atomic E-state index is 0.00367. The summed E-state index contributed by atoms with van der Waals surface area (Å²) in [4.78, 5) is 38.1. The molecule has 6 nitrogen and oxygen atoms in total. The van der Waals surface area contributed by atoms with E-state index in [2.05, 4.69) is 5.32 Å². The number of nitrogens with one attached hydrogen (secondary N) is 1. The van der Waals surface area contributed by atoms with Crippen LogP contribution in [0.4, 0.5) is 4.79 Å². The minimum atomic E-state index is -0.863. The zero-order valence-corrected chi connectivity index (χ0v) is 14.8. The molecule has 1 aromatic carbocycles. The quantitative estimate of drug-likeness (QED) is 0.658. The highest BCUT2D eigenvalue weighted by Crippen LogP contribution is 2.38. The van der Waals surface area contributed by atoms with Crippen LogP contribution in [0.1, 0.15) is 38.2 Å². The summed E-state index contributed by atoms with van der Waals surface area (Å²) >= 11 is 6.02. The van der Waals surface area contributed by atoms with E-state index in [0.717, 1.165) is 24.2 Å². The number of carbonyl (C=O) groups is 3. The van der Waals surface area contributed by atoms with Crippen LogP contribution in [0.15, 0.2) is 24.3 Å². The number of rotatable bonds is 4. The van der Waals surface area contributed by atoms with Crippen molar-refractivity contribution < 1.29 is 19.1 Å². The van der Waals surface area contributed by atoms with Gasteiger partial charge in [0.2, 0.25) is 0 Å². The van der Waals surface area contributed by atoms with Gasteiger partial charge in [0, 0.05) is 10.6 Å². The first-order valence-electron chi connectivity index (χ1n) is 8.47. The van der Waals surface area contributed by atoms with Gasteiger partial charge in [-0.15, -0.1) is 0 Å². The van der Waals surface area contributed by atoms with E-state index in [1.54, 1.807) is 24.3 Å². The van der Waals surface area contributed by atoms with Crippen LogP contribution in [0.3, 0.4) is 0 Å². The number of imide groups is 1. The summed E-state index contributed by atoms with van der Waals surface area (Å²) in [5, 5.41) is 3.32. The van der Waals surface area contributed by atoms with Crippen molar-refractivity contribution in [3.63, 3.8) is 0 Å². The molecule has 2 atom stereocenters. The van der Waals surface area contributed by atoms with Crippen molar-refractivity contribution in [2.45, 2.75) is 44.8 Å². The number of halogens is 1. The third kappa shape index (κ3) is 3.35. The molecule has 2 fully saturated rings. The van der Waals surface area contributed by atoms with Crippen LogP contribution < -0.4 is 5.32 Å². The second-order valence-corrected chi connectivity index (χ2v) is 7.10. The molecule has 1 spiro atoms. The Morgan fingerprint density at radius 2 is 2.12 bits per heavy atom. The Balaban J connectivity index is 1.62. The van der Waals surface area contributed by atoms with Crippen molar-refractivity contribution in [1.82, 2.24) is 10.2 Å². The fourth-order valence-electron chi connectivity index (χ4n) is 3.59. The maximum Gasteiger partial charge on any atom is 0.326 e. The first-order valence-corrected chi connectivity index (χ1v) is 8.85. The van der Waals surface area contributed by atoms with Gasteiger partial charge >= 0.3 is 12.0 Å². The first kappa shape index (κ1) is 17.7. The zero-order valence-electron chi connectivity index (χ0n) is 14.1. The SMILES string of the molecule is C[C@@H]1CCCC[C@@]12NC(=O)N(CC(=O)OCc1ccccc1Cl)C2=O. The summed E-state index contributed by atoms with van der Waals surface area (Å²) in [5.74, 6) is -0.898. The Morgan fingerprint density at radius 1 is 1.36 bits per heavy atom. The summed E-state index contributed by atoms with van der Waals surface area (Å²) in [6, 6.07) is 6.51. The van der Waals surface area contributed by atoms with Gasteiger partial charge in [-0.1, -0.05) is 49.6 Å². The Kier molecular flexibility index (Phi) is 4.99. The van der Waals surface area contributed by atoms with Gasteiger partial charge in [0.1, 0.15) is 18.7 Å². The monoisotopic (exact) mass is 364 g/mol. The van der Waals surface area contributed by atoms with E-state index in [1.165, 1.54) is 0 Å². The molecule has 2 aliphatic rings. The van der Waals surface area contributed by atoms with Crippen molar-refractivity contribution in [2.75, 3.05) is 6.54 Å². The molecule has 1 saturated heterocycles. The van der Waals surface area contributed by atoms with Crippen LogP contribution in [0, 0.1) is 5.92 Å². The molecule has 1 aliphatic carbocycles. The normalized spacial score (nSPS) is 26.0. The van der Waals surface area contributed by atoms with E-state index in [9.17, 15) is 14.4 Å². The lowest BCUT2D eigenvalue weighted by atomic mass is 9.73. The smallest absolute Gasteiger partial charge is 0.326 e. The number of hydrogen-bond donors (Lipinski definition) is 1. The summed E-state index contributed by atoms with van der Waals surface area (Å²) in [6.45, 7) is 1.59. The molecule has 1 saturated carbocycles. The maximum atomic E-state index is 12.8. The summed E-state index contributed by atoms with van der Waals surface area (Å²) < 4.78 is 5.17. The summed E-state index contributed by atoms with van der Waals surface area (Å²) in [6.07, 6.45) is 3.44. The summed E-state index contributed by atoms with van der Waals surface area (Å²) in [5.41, 5.74) is -0.190. The molecule has 0 unspecified atom stereocenters. The van der Waals surface area contributed by atoms with Crippen LogP contribution in [-0.4, -0.2) is 34.9 Å². The van der Waals surface area contributed by atoms with Gasteiger partial charge in [0.15, 0.2) is 0 Å². The predicted molar refractivity (Wildman–Crippen MR) is 91.9 cm³/mol. The van der Waals surface area contributed by atoms with E-state index in [0.29, 0.717) is 17.0 Å². The predicted octanol–water partition coefficient (Wildman–Crippen LogP) is 2.88. The molecule has 1 heterocycles. The van der Waals surface area contributed by atoms with Gasteiger partial charge in [0.05, 0.1) is 0 Å². The van der Waals surface area contributed by atoms with Crippen molar-refractivity contribution in [3.05, 3.63) is 34.9 Å². The highest BCUT2D eigenvalue weighted by molar-refractivity contribution is 6.31. The second kappa shape index (κ2) is 7.04. The van der Waals surface area contributed by atoms with E-state index >= 15 is 0 Å². The van der Waals surface area contributed by atoms with Gasteiger partial charge in [-0.3, -0.25) is 14.5 Å². The molecular weight excluding hydrogens is 344 g/mol. The average Bonchev–Trinajstić information content (AvgIpc) is 2.82. The molecule has 0 bridgehead atoms. The third-order valence-corrected chi connectivity index (χ3v) is 5.50. The van der Waals surface area contributed by atoms with Gasteiger partial charge in [-0.25, -0.2) is 4.79 Å². The number of carbonyl (C=O) groups excluding carboxylic acids is 3. The van der Waals surface area contributed by atoms with Gasteiger partial charge in [0.25, 0.3) is 5.91 Å². The highest BCUT2D eigenvalue weighted by atomic mass is 35.5. The molecule has 25 heavy (non-hydrogen) atoms. The largest absolute Gasteiger partial charge is 0.459 e. The topological polar surface area (TPSA) is 75.7 Å². The van der Waals surface area contributed by atoms with Gasteiger partial charge in [-0.05, 0) is 24.8 Å². The highest BCUT2D eigenvalue weighted by Gasteiger charge is 2.55. The second-order valence-electron chi connectivity index (χ2n) is 6.69. The fourth-order valence-corrected chi connectivity index (χ4v) is 3.78. The lowest BCUT2D eigenvalue weighted by molar-refractivity contribution is -0.149. The molecule has 3 rings (SSSR count). The van der Waals surface area contributed by atoms with Crippen molar-refractivity contribution in [2.24, 2.45) is 5.92 Å². The standard InChI is InChI=1S/C18H21ClN2O4/c1-12-6-4-5-9-18(12)16(23)21(17(24)20-18)10-15(22)25-11-13-7-2-3-8-14(13)19/h2-3,7-8,12H,4-6,9-11H2,1H3,(H,20,24)/t12-,18-/m1/s1. The number of ether oxygens (including phenoxy) is 1. The number of benzene rings is 1. The first-order chi connectivity index (χ1) is 11.9. The zero-order chi connectivity index (χ0) is 18.0. The van der Waals surface area contributed by atoms with E-state index in [-0.39, 0.29) is 25.0 Å². The van der Waals surface area contributed by atoms with Crippen LogP contribution in [0.5, 0.6) is 0 Å². The number of nitrogens with zero attached hydrogens (tertiary/aromatic N) is 1. The molecule has 1 aromatic rings. The molecule has 1 N–H and O–H groups in total. The van der Waals surface area contributed by atoms with Crippen LogP contribution >= 0.6 is 11.6 Å². The fraction of sp³-hybridized carbons (Fsp3) is 0.500. The Hall–Kier alpha value is -2.08. The van der Waals surface area contributed by atoms with Crippen LogP contribution in [0.25, 0.3) is 0 Å². The summed E-state index contributed by atoms with van der Waals surface area (Å²) in [7, 11) is 0. The van der Waals surface area contributed by atoms with Crippen molar-refractivity contribution in [3.8, 4) is 0 Å².